The highest BCUT2D eigenvalue weighted by Crippen LogP contribution is 2.31. The Morgan fingerprint density at radius 1 is 1.15 bits per heavy atom. The molecule has 0 bridgehead atoms. The Labute approximate surface area is 81.7 Å². The molecule has 1 atom stereocenters. The van der Waals surface area contributed by atoms with Crippen LogP contribution in [0.15, 0.2) is 0 Å². The molecule has 2 fully saturated rings. The molecule has 2 nitrogen and oxygen atoms in total. The third-order valence-electron chi connectivity index (χ3n) is 3.81. The van der Waals surface area contributed by atoms with Crippen LogP contribution in [0.25, 0.3) is 0 Å². The van der Waals surface area contributed by atoms with E-state index in [1.54, 1.807) is 0 Å². The van der Waals surface area contributed by atoms with Crippen LogP contribution in [0.5, 0.6) is 0 Å². The molecule has 0 aliphatic carbocycles. The summed E-state index contributed by atoms with van der Waals surface area (Å²) in [7, 11) is 0. The molecule has 0 aromatic heterocycles. The zero-order chi connectivity index (χ0) is 9.31. The number of hydrogen-bond donors (Lipinski definition) is 1. The Hall–Kier alpha value is -0.0800. The number of hydrogen-bond acceptors (Lipinski definition) is 2. The predicted molar refractivity (Wildman–Crippen MR) is 55.9 cm³/mol. The highest BCUT2D eigenvalue weighted by molar-refractivity contribution is 4.98. The summed E-state index contributed by atoms with van der Waals surface area (Å²) in [6, 6.07) is 0.732. The van der Waals surface area contributed by atoms with Crippen molar-refractivity contribution in [1.82, 2.24) is 10.2 Å². The molecule has 0 aromatic rings. The van der Waals surface area contributed by atoms with E-state index in [-0.39, 0.29) is 0 Å². The lowest BCUT2D eigenvalue weighted by atomic mass is 9.81. The van der Waals surface area contributed by atoms with Gasteiger partial charge in [0, 0.05) is 18.1 Å². The molecule has 0 saturated carbocycles. The van der Waals surface area contributed by atoms with Gasteiger partial charge in [0.25, 0.3) is 0 Å². The van der Waals surface area contributed by atoms with Crippen LogP contribution in [0.3, 0.4) is 0 Å². The van der Waals surface area contributed by atoms with Gasteiger partial charge in [0.15, 0.2) is 0 Å². The molecule has 2 rings (SSSR count). The average Bonchev–Trinajstić information content (AvgIpc) is 2.24. The Kier molecular flexibility index (Phi) is 2.61. The first-order valence-electron chi connectivity index (χ1n) is 5.71. The molecule has 2 aliphatic rings. The van der Waals surface area contributed by atoms with Gasteiger partial charge in [-0.05, 0) is 52.6 Å². The Balaban J connectivity index is 1.90. The highest BCUT2D eigenvalue weighted by atomic mass is 15.2. The van der Waals surface area contributed by atoms with E-state index < -0.39 is 0 Å². The van der Waals surface area contributed by atoms with Gasteiger partial charge in [-0.3, -0.25) is 0 Å². The zero-order valence-electron chi connectivity index (χ0n) is 8.97. The van der Waals surface area contributed by atoms with Crippen LogP contribution in [-0.2, 0) is 0 Å². The van der Waals surface area contributed by atoms with Crippen molar-refractivity contribution in [3.63, 3.8) is 0 Å². The lowest BCUT2D eigenvalue weighted by molar-refractivity contribution is 0.169. The van der Waals surface area contributed by atoms with Crippen molar-refractivity contribution in [2.75, 3.05) is 19.6 Å². The smallest absolute Gasteiger partial charge is 0.0206 e. The second-order valence-electron chi connectivity index (χ2n) is 4.94. The van der Waals surface area contributed by atoms with Crippen LogP contribution < -0.4 is 5.32 Å². The summed E-state index contributed by atoms with van der Waals surface area (Å²) in [5, 5.41) is 3.63. The lowest BCUT2D eigenvalue weighted by Crippen LogP contribution is -2.57. The van der Waals surface area contributed by atoms with Crippen molar-refractivity contribution in [3.05, 3.63) is 0 Å². The van der Waals surface area contributed by atoms with Gasteiger partial charge in [0.05, 0.1) is 0 Å². The summed E-state index contributed by atoms with van der Waals surface area (Å²) in [6.07, 6.45) is 5.56. The molecule has 0 radical (unpaired) electrons. The van der Waals surface area contributed by atoms with Crippen molar-refractivity contribution >= 4 is 0 Å². The highest BCUT2D eigenvalue weighted by Gasteiger charge is 2.37. The summed E-state index contributed by atoms with van der Waals surface area (Å²) in [6.45, 7) is 8.48. The van der Waals surface area contributed by atoms with E-state index in [0.29, 0.717) is 5.54 Å². The maximum absolute atomic E-state index is 3.63. The minimum atomic E-state index is 0.559. The largest absolute Gasteiger partial charge is 0.311 e. The van der Waals surface area contributed by atoms with Gasteiger partial charge in [-0.1, -0.05) is 0 Å². The standard InChI is InChI=1S/C11H22N2/c1-10(2)13-8-3-4-11(6-9-13)5-7-12-11/h10,12H,3-9H2,1-2H3/t11-/m0/s1. The Morgan fingerprint density at radius 2 is 1.92 bits per heavy atom. The molecule has 13 heavy (non-hydrogen) atoms. The van der Waals surface area contributed by atoms with Gasteiger partial charge < -0.3 is 10.2 Å². The molecular weight excluding hydrogens is 160 g/mol. The quantitative estimate of drug-likeness (QED) is 0.663. The SMILES string of the molecule is CC(C)N1CCC[C@]2(CCN2)CC1. The number of likely N-dealkylation sites (tertiary alicyclic amines) is 1. The first kappa shape index (κ1) is 9.47. The van der Waals surface area contributed by atoms with Crippen LogP contribution in [0.1, 0.15) is 39.5 Å². The molecule has 76 valence electrons. The number of nitrogens with zero attached hydrogens (tertiary/aromatic N) is 1. The molecular formula is C11H22N2. The molecule has 1 N–H and O–H groups in total. The van der Waals surface area contributed by atoms with E-state index in [9.17, 15) is 0 Å². The van der Waals surface area contributed by atoms with Gasteiger partial charge in [-0.2, -0.15) is 0 Å². The minimum absolute atomic E-state index is 0.559. The van der Waals surface area contributed by atoms with Crippen molar-refractivity contribution in [1.29, 1.82) is 0 Å². The van der Waals surface area contributed by atoms with E-state index in [4.69, 9.17) is 0 Å². The van der Waals surface area contributed by atoms with Crippen LogP contribution in [-0.4, -0.2) is 36.1 Å². The maximum atomic E-state index is 3.63. The van der Waals surface area contributed by atoms with Gasteiger partial charge >= 0.3 is 0 Å². The lowest BCUT2D eigenvalue weighted by Gasteiger charge is -2.43. The summed E-state index contributed by atoms with van der Waals surface area (Å²) in [5.74, 6) is 0. The molecule has 2 heterocycles. The maximum Gasteiger partial charge on any atom is 0.0206 e. The summed E-state index contributed by atoms with van der Waals surface area (Å²) in [5.41, 5.74) is 0.559. The van der Waals surface area contributed by atoms with E-state index in [1.165, 1.54) is 45.3 Å². The summed E-state index contributed by atoms with van der Waals surface area (Å²) < 4.78 is 0. The van der Waals surface area contributed by atoms with E-state index in [0.717, 1.165) is 6.04 Å². The van der Waals surface area contributed by atoms with Gasteiger partial charge in [-0.25, -0.2) is 0 Å². The van der Waals surface area contributed by atoms with Crippen molar-refractivity contribution < 1.29 is 0 Å². The van der Waals surface area contributed by atoms with Crippen LogP contribution >= 0.6 is 0 Å². The van der Waals surface area contributed by atoms with Crippen molar-refractivity contribution in [2.24, 2.45) is 0 Å². The van der Waals surface area contributed by atoms with Crippen LogP contribution in [0.4, 0.5) is 0 Å². The van der Waals surface area contributed by atoms with Crippen molar-refractivity contribution in [3.8, 4) is 0 Å². The van der Waals surface area contributed by atoms with Crippen LogP contribution in [0.2, 0.25) is 0 Å². The fraction of sp³-hybridized carbons (Fsp3) is 1.00. The topological polar surface area (TPSA) is 15.3 Å². The fourth-order valence-electron chi connectivity index (χ4n) is 2.64. The minimum Gasteiger partial charge on any atom is -0.311 e. The van der Waals surface area contributed by atoms with Crippen LogP contribution in [0, 0.1) is 0 Å². The zero-order valence-corrected chi connectivity index (χ0v) is 8.97. The molecule has 2 heteroatoms. The first-order chi connectivity index (χ1) is 6.22. The average molecular weight is 182 g/mol. The molecule has 1 spiro atoms. The third-order valence-corrected chi connectivity index (χ3v) is 3.81. The van der Waals surface area contributed by atoms with Gasteiger partial charge in [0.2, 0.25) is 0 Å². The predicted octanol–water partition coefficient (Wildman–Crippen LogP) is 1.61. The fourth-order valence-corrected chi connectivity index (χ4v) is 2.64. The number of rotatable bonds is 1. The van der Waals surface area contributed by atoms with E-state index in [1.807, 2.05) is 0 Å². The molecule has 0 amide bonds. The van der Waals surface area contributed by atoms with E-state index in [2.05, 4.69) is 24.1 Å². The third kappa shape index (κ3) is 1.89. The second-order valence-corrected chi connectivity index (χ2v) is 4.94. The van der Waals surface area contributed by atoms with E-state index >= 15 is 0 Å². The van der Waals surface area contributed by atoms with Gasteiger partial charge in [-0.15, -0.1) is 0 Å². The summed E-state index contributed by atoms with van der Waals surface area (Å²) >= 11 is 0. The molecule has 0 unspecified atom stereocenters. The van der Waals surface area contributed by atoms with Gasteiger partial charge in [0.1, 0.15) is 0 Å². The van der Waals surface area contributed by atoms with Crippen molar-refractivity contribution in [2.45, 2.75) is 51.1 Å². The Bertz CT molecular complexity index is 173. The second kappa shape index (κ2) is 3.58. The molecule has 2 aliphatic heterocycles. The molecule has 2 saturated heterocycles. The Morgan fingerprint density at radius 3 is 2.46 bits per heavy atom. The normalized spacial score (nSPS) is 36.2. The summed E-state index contributed by atoms with van der Waals surface area (Å²) in [4.78, 5) is 2.62. The molecule has 0 aromatic carbocycles. The first-order valence-corrected chi connectivity index (χ1v) is 5.71. The monoisotopic (exact) mass is 182 g/mol. The number of nitrogens with one attached hydrogen (secondary N) is 1.